The van der Waals surface area contributed by atoms with Crippen LogP contribution in [-0.2, 0) is 0 Å². The molecular formula is C10H8N2O4. The average Bonchev–Trinajstić information content (AvgIpc) is 2.23. The molecule has 6 heteroatoms. The van der Waals surface area contributed by atoms with Crippen molar-refractivity contribution in [1.29, 1.82) is 0 Å². The summed E-state index contributed by atoms with van der Waals surface area (Å²) in [6.07, 6.45) is 0.944. The van der Waals surface area contributed by atoms with Gasteiger partial charge in [-0.15, -0.1) is 0 Å². The SMILES string of the molecule is Cc1ccc2c(=O)c(C(=O)O)cnc-2n1O. The quantitative estimate of drug-likeness (QED) is 0.686. The van der Waals surface area contributed by atoms with Crippen LogP contribution in [0.5, 0.6) is 0 Å². The van der Waals surface area contributed by atoms with Gasteiger partial charge in [-0.1, -0.05) is 0 Å². The molecule has 2 rings (SSSR count). The Hall–Kier alpha value is -2.37. The van der Waals surface area contributed by atoms with Gasteiger partial charge in [0.1, 0.15) is 5.56 Å². The van der Waals surface area contributed by atoms with Crippen LogP contribution in [-0.4, -0.2) is 26.0 Å². The number of rotatable bonds is 1. The van der Waals surface area contributed by atoms with E-state index >= 15 is 0 Å². The largest absolute Gasteiger partial charge is 0.477 e. The van der Waals surface area contributed by atoms with Crippen molar-refractivity contribution in [3.8, 4) is 11.4 Å². The standard InChI is InChI=1S/C10H8N2O4/c1-5-2-3-6-8(13)7(10(14)15)4-11-9(6)12(5)16/h2-4,16H,1H3,(H,14,15). The highest BCUT2D eigenvalue weighted by Crippen LogP contribution is 2.16. The molecule has 0 aromatic heterocycles. The van der Waals surface area contributed by atoms with Crippen molar-refractivity contribution in [2.75, 3.05) is 0 Å². The Balaban J connectivity index is 2.87. The summed E-state index contributed by atoms with van der Waals surface area (Å²) in [5.74, 6) is -1.28. The summed E-state index contributed by atoms with van der Waals surface area (Å²) in [6, 6.07) is 2.95. The van der Waals surface area contributed by atoms with Crippen molar-refractivity contribution in [3.63, 3.8) is 0 Å². The summed E-state index contributed by atoms with van der Waals surface area (Å²) in [5.41, 5.74) is -0.480. The van der Waals surface area contributed by atoms with E-state index < -0.39 is 17.0 Å². The number of nitrogens with zero attached hydrogens (tertiary/aromatic N) is 2. The zero-order chi connectivity index (χ0) is 11.9. The summed E-state index contributed by atoms with van der Waals surface area (Å²) < 4.78 is 0.752. The Labute approximate surface area is 89.7 Å². The molecule has 0 atom stereocenters. The lowest BCUT2D eigenvalue weighted by atomic mass is 10.1. The van der Waals surface area contributed by atoms with Crippen molar-refractivity contribution < 1.29 is 15.1 Å². The molecule has 82 valence electrons. The van der Waals surface area contributed by atoms with Crippen molar-refractivity contribution >= 4 is 5.97 Å². The monoisotopic (exact) mass is 220 g/mol. The van der Waals surface area contributed by atoms with E-state index in [9.17, 15) is 14.8 Å². The number of fused-ring (bicyclic) bond motifs is 1. The second-order valence-corrected chi connectivity index (χ2v) is 3.33. The lowest BCUT2D eigenvalue weighted by molar-refractivity contribution is 0.0695. The number of aryl methyl sites for hydroxylation is 1. The lowest BCUT2D eigenvalue weighted by Gasteiger charge is -2.10. The van der Waals surface area contributed by atoms with E-state index in [1.54, 1.807) is 6.92 Å². The third-order valence-corrected chi connectivity index (χ3v) is 2.30. The van der Waals surface area contributed by atoms with Gasteiger partial charge in [-0.05, 0) is 19.1 Å². The third kappa shape index (κ3) is 1.31. The highest BCUT2D eigenvalue weighted by Gasteiger charge is 2.18. The number of hydrogen-bond acceptors (Lipinski definition) is 4. The van der Waals surface area contributed by atoms with E-state index in [1.165, 1.54) is 12.1 Å². The molecule has 2 N–H and O–H groups in total. The summed E-state index contributed by atoms with van der Waals surface area (Å²) in [4.78, 5) is 26.2. The van der Waals surface area contributed by atoms with Gasteiger partial charge >= 0.3 is 5.97 Å². The molecular weight excluding hydrogens is 212 g/mol. The molecule has 0 amide bonds. The van der Waals surface area contributed by atoms with E-state index in [-0.39, 0.29) is 11.4 Å². The normalized spacial score (nSPS) is 10.6. The summed E-state index contributed by atoms with van der Waals surface area (Å²) in [7, 11) is 0. The second kappa shape index (κ2) is 3.34. The zero-order valence-electron chi connectivity index (χ0n) is 8.34. The smallest absolute Gasteiger partial charge is 0.341 e. The molecule has 0 fully saturated rings. The van der Waals surface area contributed by atoms with E-state index in [1.807, 2.05) is 0 Å². The minimum absolute atomic E-state index is 0.0509. The number of aromatic nitrogens is 2. The van der Waals surface area contributed by atoms with Crippen molar-refractivity contribution in [1.82, 2.24) is 9.71 Å². The average molecular weight is 220 g/mol. The van der Waals surface area contributed by atoms with Crippen molar-refractivity contribution in [3.05, 3.63) is 39.8 Å². The van der Waals surface area contributed by atoms with Crippen LogP contribution < -0.4 is 5.43 Å². The molecule has 0 aliphatic carbocycles. The van der Waals surface area contributed by atoms with E-state index in [0.29, 0.717) is 5.69 Å². The number of pyridine rings is 2. The van der Waals surface area contributed by atoms with Gasteiger partial charge in [0.05, 0.1) is 11.3 Å². The molecule has 2 aliphatic heterocycles. The zero-order valence-corrected chi connectivity index (χ0v) is 8.34. The molecule has 0 spiro atoms. The van der Waals surface area contributed by atoms with Crippen LogP contribution in [0.15, 0.2) is 23.1 Å². The van der Waals surface area contributed by atoms with Gasteiger partial charge in [0.2, 0.25) is 5.43 Å². The van der Waals surface area contributed by atoms with E-state index in [2.05, 4.69) is 4.98 Å². The Morgan fingerprint density at radius 3 is 2.75 bits per heavy atom. The van der Waals surface area contributed by atoms with Gasteiger partial charge in [-0.25, -0.2) is 9.78 Å². The van der Waals surface area contributed by atoms with Crippen molar-refractivity contribution in [2.45, 2.75) is 6.92 Å². The fourth-order valence-electron chi connectivity index (χ4n) is 1.41. The fraction of sp³-hybridized carbons (Fsp3) is 0.100. The molecule has 0 aromatic carbocycles. The van der Waals surface area contributed by atoms with Gasteiger partial charge < -0.3 is 10.3 Å². The molecule has 0 bridgehead atoms. The third-order valence-electron chi connectivity index (χ3n) is 2.30. The van der Waals surface area contributed by atoms with Crippen LogP contribution in [0.2, 0.25) is 0 Å². The maximum absolute atomic E-state index is 11.7. The molecule has 0 saturated carbocycles. The minimum Gasteiger partial charge on any atom is -0.477 e. The molecule has 2 aliphatic rings. The van der Waals surface area contributed by atoms with Crippen LogP contribution in [0.4, 0.5) is 0 Å². The Morgan fingerprint density at radius 1 is 1.44 bits per heavy atom. The molecule has 0 saturated heterocycles. The predicted molar refractivity (Wildman–Crippen MR) is 54.0 cm³/mol. The highest BCUT2D eigenvalue weighted by atomic mass is 16.5. The fourth-order valence-corrected chi connectivity index (χ4v) is 1.41. The van der Waals surface area contributed by atoms with Crippen molar-refractivity contribution in [2.24, 2.45) is 0 Å². The Kier molecular flexibility index (Phi) is 2.12. The van der Waals surface area contributed by atoms with Crippen LogP contribution in [0.25, 0.3) is 11.4 Å². The van der Waals surface area contributed by atoms with E-state index in [4.69, 9.17) is 5.11 Å². The Morgan fingerprint density at radius 2 is 2.12 bits per heavy atom. The second-order valence-electron chi connectivity index (χ2n) is 3.33. The molecule has 16 heavy (non-hydrogen) atoms. The molecule has 6 nitrogen and oxygen atoms in total. The van der Waals surface area contributed by atoms with Crippen LogP contribution >= 0.6 is 0 Å². The molecule has 0 unspecified atom stereocenters. The maximum Gasteiger partial charge on any atom is 0.341 e. The summed E-state index contributed by atoms with van der Waals surface area (Å²) in [6.45, 7) is 1.64. The first kappa shape index (κ1) is 10.2. The highest BCUT2D eigenvalue weighted by molar-refractivity contribution is 5.88. The molecule has 0 radical (unpaired) electrons. The number of carboxylic acids is 1. The van der Waals surface area contributed by atoms with Gasteiger partial charge in [0.15, 0.2) is 5.82 Å². The maximum atomic E-state index is 11.7. The van der Waals surface area contributed by atoms with Gasteiger partial charge in [-0.3, -0.25) is 4.79 Å². The van der Waals surface area contributed by atoms with Crippen LogP contribution in [0.1, 0.15) is 16.1 Å². The summed E-state index contributed by atoms with van der Waals surface area (Å²) in [5, 5.41) is 18.3. The van der Waals surface area contributed by atoms with Crippen LogP contribution in [0, 0.1) is 6.92 Å². The molecule has 2 heterocycles. The number of hydrogen-bond donors (Lipinski definition) is 2. The first-order valence-corrected chi connectivity index (χ1v) is 4.46. The topological polar surface area (TPSA) is 92.4 Å². The first-order valence-electron chi connectivity index (χ1n) is 4.46. The van der Waals surface area contributed by atoms with Crippen LogP contribution in [0.3, 0.4) is 0 Å². The minimum atomic E-state index is -1.33. The number of carboxylic acid groups (broad SMARTS) is 1. The van der Waals surface area contributed by atoms with Gasteiger partial charge in [0, 0.05) is 6.20 Å². The van der Waals surface area contributed by atoms with E-state index in [0.717, 1.165) is 10.9 Å². The number of aromatic carboxylic acids is 1. The lowest BCUT2D eigenvalue weighted by Crippen LogP contribution is -2.21. The predicted octanol–water partition coefficient (Wildman–Crippen LogP) is 0.592. The van der Waals surface area contributed by atoms with Gasteiger partial charge in [0.25, 0.3) is 0 Å². The number of carbonyl (C=O) groups is 1. The summed E-state index contributed by atoms with van der Waals surface area (Å²) >= 11 is 0. The first-order chi connectivity index (χ1) is 7.52. The Bertz CT molecular complexity index is 603. The molecule has 0 aromatic rings. The van der Waals surface area contributed by atoms with Gasteiger partial charge in [-0.2, -0.15) is 4.73 Å².